The van der Waals surface area contributed by atoms with E-state index >= 15 is 0 Å². The summed E-state index contributed by atoms with van der Waals surface area (Å²) in [5.41, 5.74) is 1.56. The van der Waals surface area contributed by atoms with Crippen molar-refractivity contribution < 1.29 is 14.3 Å². The van der Waals surface area contributed by atoms with Gasteiger partial charge in [-0.05, 0) is 43.8 Å². The summed E-state index contributed by atoms with van der Waals surface area (Å²) >= 11 is 5.14. The Kier molecular flexibility index (Phi) is 4.90. The van der Waals surface area contributed by atoms with Crippen LogP contribution in [0.5, 0.6) is 5.75 Å². The van der Waals surface area contributed by atoms with Gasteiger partial charge in [0.25, 0.3) is 0 Å². The minimum atomic E-state index is -0.497. The summed E-state index contributed by atoms with van der Waals surface area (Å²) < 4.78 is 10.4. The third-order valence-corrected chi connectivity index (χ3v) is 3.54. The first kappa shape index (κ1) is 15.4. The number of esters is 1. The van der Waals surface area contributed by atoms with Crippen LogP contribution in [0.4, 0.5) is 0 Å². The van der Waals surface area contributed by atoms with Gasteiger partial charge in [0.1, 0.15) is 11.7 Å². The number of methoxy groups -OCH3 is 1. The van der Waals surface area contributed by atoms with Crippen LogP contribution in [0.3, 0.4) is 0 Å². The van der Waals surface area contributed by atoms with E-state index in [-0.39, 0.29) is 12.0 Å². The van der Waals surface area contributed by atoms with Crippen molar-refractivity contribution in [1.82, 2.24) is 5.32 Å². The van der Waals surface area contributed by atoms with Gasteiger partial charge in [-0.1, -0.05) is 12.1 Å². The van der Waals surface area contributed by atoms with E-state index < -0.39 is 5.92 Å². The molecule has 0 amide bonds. The van der Waals surface area contributed by atoms with Crippen LogP contribution < -0.4 is 10.1 Å². The van der Waals surface area contributed by atoms with Crippen LogP contribution in [0.15, 0.2) is 29.3 Å². The van der Waals surface area contributed by atoms with Gasteiger partial charge in [-0.25, -0.2) is 4.99 Å². The van der Waals surface area contributed by atoms with Gasteiger partial charge < -0.3 is 14.8 Å². The van der Waals surface area contributed by atoms with Crippen molar-refractivity contribution >= 4 is 29.0 Å². The van der Waals surface area contributed by atoms with Gasteiger partial charge in [-0.2, -0.15) is 0 Å². The minimum Gasteiger partial charge on any atom is -0.497 e. The van der Waals surface area contributed by atoms with E-state index in [0.29, 0.717) is 17.4 Å². The fourth-order valence-electron chi connectivity index (χ4n) is 2.37. The van der Waals surface area contributed by atoms with E-state index in [1.807, 2.05) is 24.3 Å². The lowest BCUT2D eigenvalue weighted by molar-refractivity contribution is -0.146. The average molecular weight is 306 g/mol. The number of benzene rings is 1. The number of ether oxygens (including phenoxy) is 2. The summed E-state index contributed by atoms with van der Waals surface area (Å²) in [6, 6.07) is 7.23. The van der Waals surface area contributed by atoms with Crippen LogP contribution in [0.2, 0.25) is 0 Å². The lowest BCUT2D eigenvalue weighted by atomic mass is 9.88. The van der Waals surface area contributed by atoms with Crippen molar-refractivity contribution in [3.8, 4) is 5.75 Å². The molecule has 5 nitrogen and oxygen atoms in total. The number of thiocarbonyl (C=S) groups is 1. The molecule has 0 radical (unpaired) electrons. The van der Waals surface area contributed by atoms with Crippen molar-refractivity contribution in [3.63, 3.8) is 0 Å². The SMILES string of the molecule is CCOC(=O)C1C(C)=NC(=S)NC1c1cccc(OC)c1. The predicted molar refractivity (Wildman–Crippen MR) is 84.7 cm³/mol. The Labute approximate surface area is 129 Å². The van der Waals surface area contributed by atoms with Crippen molar-refractivity contribution in [2.45, 2.75) is 19.9 Å². The molecule has 2 unspecified atom stereocenters. The number of nitrogens with zero attached hydrogens (tertiary/aromatic N) is 1. The molecule has 0 spiro atoms. The van der Waals surface area contributed by atoms with Gasteiger partial charge in [-0.3, -0.25) is 4.79 Å². The minimum absolute atomic E-state index is 0.302. The fraction of sp³-hybridized carbons (Fsp3) is 0.400. The first-order chi connectivity index (χ1) is 10.1. The first-order valence-electron chi connectivity index (χ1n) is 6.73. The zero-order valence-corrected chi connectivity index (χ0v) is 13.1. The van der Waals surface area contributed by atoms with Crippen molar-refractivity contribution in [3.05, 3.63) is 29.8 Å². The molecule has 0 aliphatic carbocycles. The maximum absolute atomic E-state index is 12.2. The summed E-state index contributed by atoms with van der Waals surface area (Å²) in [5, 5.41) is 3.47. The topological polar surface area (TPSA) is 59.9 Å². The first-order valence-corrected chi connectivity index (χ1v) is 7.14. The Morgan fingerprint density at radius 3 is 2.90 bits per heavy atom. The van der Waals surface area contributed by atoms with Crippen molar-refractivity contribution in [1.29, 1.82) is 0 Å². The number of rotatable bonds is 4. The second kappa shape index (κ2) is 6.67. The molecule has 21 heavy (non-hydrogen) atoms. The van der Waals surface area contributed by atoms with E-state index in [0.717, 1.165) is 11.3 Å². The van der Waals surface area contributed by atoms with Gasteiger partial charge in [0.05, 0.1) is 19.8 Å². The molecule has 0 saturated carbocycles. The molecule has 0 bridgehead atoms. The molecule has 2 atom stereocenters. The number of hydrogen-bond donors (Lipinski definition) is 1. The highest BCUT2D eigenvalue weighted by atomic mass is 32.1. The van der Waals surface area contributed by atoms with Crippen LogP contribution in [0, 0.1) is 5.92 Å². The van der Waals surface area contributed by atoms with E-state index in [9.17, 15) is 4.79 Å². The van der Waals surface area contributed by atoms with Crippen LogP contribution in [0.1, 0.15) is 25.5 Å². The van der Waals surface area contributed by atoms with E-state index in [1.54, 1.807) is 21.0 Å². The third-order valence-electron chi connectivity index (χ3n) is 3.33. The van der Waals surface area contributed by atoms with Gasteiger partial charge in [0.15, 0.2) is 5.11 Å². The molecule has 1 aliphatic rings. The molecule has 0 aromatic heterocycles. The van der Waals surface area contributed by atoms with Crippen molar-refractivity contribution in [2.24, 2.45) is 10.9 Å². The second-order valence-electron chi connectivity index (χ2n) is 4.69. The van der Waals surface area contributed by atoms with Gasteiger partial charge >= 0.3 is 5.97 Å². The summed E-state index contributed by atoms with van der Waals surface area (Å²) in [6.07, 6.45) is 0. The zero-order valence-electron chi connectivity index (χ0n) is 12.3. The molecule has 1 N–H and O–H groups in total. The molecule has 2 rings (SSSR count). The molecule has 1 heterocycles. The van der Waals surface area contributed by atoms with Crippen LogP contribution >= 0.6 is 12.2 Å². The summed E-state index contributed by atoms with van der Waals surface area (Å²) in [5.74, 6) is -0.0756. The number of nitrogens with one attached hydrogen (secondary N) is 1. The molecular weight excluding hydrogens is 288 g/mol. The molecule has 0 saturated heterocycles. The summed E-state index contributed by atoms with van der Waals surface area (Å²) in [4.78, 5) is 16.4. The second-order valence-corrected chi connectivity index (χ2v) is 5.07. The Morgan fingerprint density at radius 1 is 1.48 bits per heavy atom. The van der Waals surface area contributed by atoms with E-state index in [4.69, 9.17) is 21.7 Å². The van der Waals surface area contributed by atoms with Gasteiger partial charge in [-0.15, -0.1) is 0 Å². The van der Waals surface area contributed by atoms with Crippen molar-refractivity contribution in [2.75, 3.05) is 13.7 Å². The number of aliphatic imine (C=N–C) groups is 1. The Hall–Kier alpha value is -1.95. The highest BCUT2D eigenvalue weighted by molar-refractivity contribution is 7.80. The molecular formula is C15H18N2O3S. The molecule has 1 aromatic carbocycles. The van der Waals surface area contributed by atoms with Crippen LogP contribution in [0.25, 0.3) is 0 Å². The molecule has 1 aliphatic heterocycles. The lowest BCUT2D eigenvalue weighted by Crippen LogP contribution is -2.44. The normalized spacial score (nSPS) is 21.3. The predicted octanol–water partition coefficient (Wildman–Crippen LogP) is 2.26. The largest absolute Gasteiger partial charge is 0.497 e. The maximum Gasteiger partial charge on any atom is 0.317 e. The Balaban J connectivity index is 2.39. The number of carbonyl (C=O) groups is 1. The van der Waals surface area contributed by atoms with Crippen LogP contribution in [-0.4, -0.2) is 30.5 Å². The van der Waals surface area contributed by atoms with Crippen LogP contribution in [-0.2, 0) is 9.53 Å². The third kappa shape index (κ3) is 3.39. The summed E-state index contributed by atoms with van der Waals surface area (Å²) in [6.45, 7) is 3.91. The number of hydrogen-bond acceptors (Lipinski definition) is 4. The Bertz CT molecular complexity index is 586. The quantitative estimate of drug-likeness (QED) is 0.683. The lowest BCUT2D eigenvalue weighted by Gasteiger charge is -2.31. The summed E-state index contributed by atoms with van der Waals surface area (Å²) in [7, 11) is 1.60. The van der Waals surface area contributed by atoms with Gasteiger partial charge in [0.2, 0.25) is 0 Å². The Morgan fingerprint density at radius 2 is 2.24 bits per heavy atom. The van der Waals surface area contributed by atoms with Gasteiger partial charge in [0, 0.05) is 5.71 Å². The molecule has 0 fully saturated rings. The zero-order chi connectivity index (χ0) is 15.4. The highest BCUT2D eigenvalue weighted by Crippen LogP contribution is 2.30. The highest BCUT2D eigenvalue weighted by Gasteiger charge is 2.36. The smallest absolute Gasteiger partial charge is 0.317 e. The standard InChI is InChI=1S/C15H18N2O3S/c1-4-20-14(18)12-9(2)16-15(21)17-13(12)10-6-5-7-11(8-10)19-3/h5-8,12-13H,4H2,1-3H3,(H,17,21). The fourth-order valence-corrected chi connectivity index (χ4v) is 2.64. The average Bonchev–Trinajstić information content (AvgIpc) is 2.46. The molecule has 112 valence electrons. The maximum atomic E-state index is 12.2. The van der Waals surface area contributed by atoms with E-state index in [2.05, 4.69) is 10.3 Å². The monoisotopic (exact) mass is 306 g/mol. The number of carbonyl (C=O) groups excluding carboxylic acids is 1. The molecule has 6 heteroatoms. The van der Waals surface area contributed by atoms with E-state index in [1.165, 1.54) is 0 Å². The molecule has 1 aromatic rings.